The van der Waals surface area contributed by atoms with Gasteiger partial charge in [-0.3, -0.25) is 4.79 Å². The van der Waals surface area contributed by atoms with Crippen molar-refractivity contribution in [1.82, 2.24) is 5.32 Å². The van der Waals surface area contributed by atoms with Crippen LogP contribution in [0.4, 0.5) is 0 Å². The normalized spacial score (nSPS) is 24.6. The van der Waals surface area contributed by atoms with Crippen LogP contribution in [0.3, 0.4) is 0 Å². The van der Waals surface area contributed by atoms with Gasteiger partial charge in [0.1, 0.15) is 0 Å². The van der Waals surface area contributed by atoms with Crippen LogP contribution in [0.1, 0.15) is 72.6 Å². The average molecular weight is 296 g/mol. The number of hydrogen-bond acceptors (Lipinski definition) is 2. The summed E-state index contributed by atoms with van der Waals surface area (Å²) in [5, 5.41) is 3.15. The molecule has 0 aromatic rings. The summed E-state index contributed by atoms with van der Waals surface area (Å²) in [6.45, 7) is 10.7. The maximum absolute atomic E-state index is 12.0. The molecule has 0 heterocycles. The number of nitrogens with one attached hydrogen (secondary N) is 1. The van der Waals surface area contributed by atoms with E-state index in [1.807, 2.05) is 0 Å². The van der Waals surface area contributed by atoms with Crippen LogP contribution in [0.5, 0.6) is 0 Å². The highest BCUT2D eigenvalue weighted by atomic mass is 16.1. The molecule has 0 aromatic carbocycles. The molecule has 0 spiro atoms. The molecule has 0 radical (unpaired) electrons. The van der Waals surface area contributed by atoms with Gasteiger partial charge >= 0.3 is 0 Å². The van der Waals surface area contributed by atoms with E-state index in [2.05, 4.69) is 33.0 Å². The lowest BCUT2D eigenvalue weighted by Gasteiger charge is -2.30. The maximum Gasteiger partial charge on any atom is 0.220 e. The Morgan fingerprint density at radius 1 is 1.19 bits per heavy atom. The van der Waals surface area contributed by atoms with E-state index >= 15 is 0 Å². The van der Waals surface area contributed by atoms with Gasteiger partial charge in [-0.25, -0.2) is 0 Å². The first-order chi connectivity index (χ1) is 9.82. The summed E-state index contributed by atoms with van der Waals surface area (Å²) in [7, 11) is 0. The molecular weight excluding hydrogens is 260 g/mol. The van der Waals surface area contributed by atoms with Gasteiger partial charge in [-0.15, -0.1) is 0 Å². The van der Waals surface area contributed by atoms with Gasteiger partial charge in [-0.1, -0.05) is 40.5 Å². The lowest BCUT2D eigenvalue weighted by molar-refractivity contribution is -0.121. The van der Waals surface area contributed by atoms with Crippen molar-refractivity contribution in [3.63, 3.8) is 0 Å². The smallest absolute Gasteiger partial charge is 0.220 e. The predicted octanol–water partition coefficient (Wildman–Crippen LogP) is 3.72. The third-order valence-corrected chi connectivity index (χ3v) is 5.18. The van der Waals surface area contributed by atoms with Gasteiger partial charge in [-0.05, 0) is 55.4 Å². The molecule has 1 rings (SSSR count). The van der Waals surface area contributed by atoms with Crippen LogP contribution in [0.2, 0.25) is 0 Å². The third-order valence-electron chi connectivity index (χ3n) is 5.18. The minimum Gasteiger partial charge on any atom is -0.356 e. The first-order valence-corrected chi connectivity index (χ1v) is 8.79. The van der Waals surface area contributed by atoms with Crippen molar-refractivity contribution in [3.05, 3.63) is 0 Å². The van der Waals surface area contributed by atoms with Crippen molar-refractivity contribution >= 4 is 5.91 Å². The van der Waals surface area contributed by atoms with Crippen LogP contribution in [-0.2, 0) is 4.79 Å². The van der Waals surface area contributed by atoms with E-state index in [1.165, 1.54) is 25.7 Å². The molecule has 1 saturated carbocycles. The minimum atomic E-state index is 0.222. The Morgan fingerprint density at radius 3 is 2.33 bits per heavy atom. The largest absolute Gasteiger partial charge is 0.356 e. The van der Waals surface area contributed by atoms with Gasteiger partial charge in [0.2, 0.25) is 5.91 Å². The number of carbonyl (C=O) groups is 1. The van der Waals surface area contributed by atoms with E-state index in [1.54, 1.807) is 0 Å². The van der Waals surface area contributed by atoms with E-state index in [-0.39, 0.29) is 11.3 Å². The Bertz CT molecular complexity index is 301. The lowest BCUT2D eigenvalue weighted by atomic mass is 9.76. The molecule has 1 atom stereocenters. The van der Waals surface area contributed by atoms with Crippen molar-refractivity contribution in [2.45, 2.75) is 72.6 Å². The molecule has 1 aliphatic carbocycles. The van der Waals surface area contributed by atoms with Gasteiger partial charge in [0.25, 0.3) is 0 Å². The summed E-state index contributed by atoms with van der Waals surface area (Å²) >= 11 is 0. The molecule has 0 bridgehead atoms. The third kappa shape index (κ3) is 7.30. The summed E-state index contributed by atoms with van der Waals surface area (Å²) < 4.78 is 0. The molecule has 21 heavy (non-hydrogen) atoms. The first kappa shape index (κ1) is 18.5. The highest BCUT2D eigenvalue weighted by Gasteiger charge is 2.24. The van der Waals surface area contributed by atoms with Gasteiger partial charge in [0.15, 0.2) is 0 Å². The zero-order valence-corrected chi connectivity index (χ0v) is 14.6. The van der Waals surface area contributed by atoms with E-state index in [0.29, 0.717) is 24.8 Å². The van der Waals surface area contributed by atoms with Crippen LogP contribution in [0.15, 0.2) is 0 Å². The number of rotatable bonds is 7. The van der Waals surface area contributed by atoms with Gasteiger partial charge in [-0.2, -0.15) is 0 Å². The Morgan fingerprint density at radius 2 is 1.81 bits per heavy atom. The van der Waals surface area contributed by atoms with E-state index in [4.69, 9.17) is 5.73 Å². The van der Waals surface area contributed by atoms with Crippen molar-refractivity contribution in [1.29, 1.82) is 0 Å². The molecule has 3 nitrogen and oxygen atoms in total. The van der Waals surface area contributed by atoms with Crippen LogP contribution < -0.4 is 11.1 Å². The van der Waals surface area contributed by atoms with Crippen LogP contribution in [-0.4, -0.2) is 19.0 Å². The summed E-state index contributed by atoms with van der Waals surface area (Å²) in [4.78, 5) is 12.0. The molecule has 1 amide bonds. The standard InChI is InChI=1S/C18H36N2O/c1-14-5-7-15(8-6-14)13-20-17(21)10-9-16(11-12-19)18(2,3)4/h14-16H,5-13,19H2,1-4H3,(H,20,21). The Kier molecular flexibility index (Phi) is 7.72. The molecule has 1 unspecified atom stereocenters. The van der Waals surface area contributed by atoms with Crippen molar-refractivity contribution < 1.29 is 4.79 Å². The highest BCUT2D eigenvalue weighted by molar-refractivity contribution is 5.75. The summed E-state index contributed by atoms with van der Waals surface area (Å²) in [5.41, 5.74) is 5.93. The molecular formula is C18H36N2O. The molecule has 124 valence electrons. The first-order valence-electron chi connectivity index (χ1n) is 8.79. The molecule has 3 N–H and O–H groups in total. The molecule has 3 heteroatoms. The Labute approximate surface area is 131 Å². The van der Waals surface area contributed by atoms with Gasteiger partial charge in [0.05, 0.1) is 0 Å². The van der Waals surface area contributed by atoms with E-state index < -0.39 is 0 Å². The predicted molar refractivity (Wildman–Crippen MR) is 90.0 cm³/mol. The van der Waals surface area contributed by atoms with E-state index in [9.17, 15) is 4.79 Å². The zero-order chi connectivity index (χ0) is 15.9. The maximum atomic E-state index is 12.0. The zero-order valence-electron chi connectivity index (χ0n) is 14.6. The number of carbonyl (C=O) groups excluding carboxylic acids is 1. The lowest BCUT2D eigenvalue weighted by Crippen LogP contribution is -2.32. The van der Waals surface area contributed by atoms with Crippen molar-refractivity contribution in [2.75, 3.05) is 13.1 Å². The number of nitrogens with two attached hydrogens (primary N) is 1. The quantitative estimate of drug-likeness (QED) is 0.752. The summed E-state index contributed by atoms with van der Waals surface area (Å²) in [6, 6.07) is 0. The number of amides is 1. The Balaban J connectivity index is 2.23. The summed E-state index contributed by atoms with van der Waals surface area (Å²) in [6.07, 6.45) is 7.81. The van der Waals surface area contributed by atoms with Crippen LogP contribution in [0.25, 0.3) is 0 Å². The highest BCUT2D eigenvalue weighted by Crippen LogP contribution is 2.32. The Hall–Kier alpha value is -0.570. The van der Waals surface area contributed by atoms with Crippen molar-refractivity contribution in [3.8, 4) is 0 Å². The SMILES string of the molecule is CC1CCC(CNC(=O)CCC(CCN)C(C)(C)C)CC1. The molecule has 0 saturated heterocycles. The van der Waals surface area contributed by atoms with Crippen LogP contribution >= 0.6 is 0 Å². The second kappa shape index (κ2) is 8.77. The van der Waals surface area contributed by atoms with Crippen LogP contribution in [0, 0.1) is 23.2 Å². The minimum absolute atomic E-state index is 0.222. The number of hydrogen-bond donors (Lipinski definition) is 2. The van der Waals surface area contributed by atoms with Crippen molar-refractivity contribution in [2.24, 2.45) is 28.9 Å². The topological polar surface area (TPSA) is 55.1 Å². The molecule has 1 fully saturated rings. The molecule has 0 aromatic heterocycles. The fraction of sp³-hybridized carbons (Fsp3) is 0.944. The average Bonchev–Trinajstić information content (AvgIpc) is 2.41. The second-order valence-corrected chi connectivity index (χ2v) is 8.11. The van der Waals surface area contributed by atoms with Gasteiger partial charge in [0, 0.05) is 13.0 Å². The summed E-state index contributed by atoms with van der Waals surface area (Å²) in [5.74, 6) is 2.33. The van der Waals surface area contributed by atoms with Gasteiger partial charge < -0.3 is 11.1 Å². The van der Waals surface area contributed by atoms with E-state index in [0.717, 1.165) is 25.3 Å². The molecule has 1 aliphatic rings. The fourth-order valence-corrected chi connectivity index (χ4v) is 3.40. The molecule has 0 aliphatic heterocycles. The second-order valence-electron chi connectivity index (χ2n) is 8.11. The fourth-order valence-electron chi connectivity index (χ4n) is 3.40. The monoisotopic (exact) mass is 296 g/mol.